The minimum Gasteiger partial charge on any atom is -0.361 e. The van der Waals surface area contributed by atoms with Crippen molar-refractivity contribution >= 4 is 10.9 Å². The van der Waals surface area contributed by atoms with Crippen LogP contribution in [0.1, 0.15) is 24.3 Å². The van der Waals surface area contributed by atoms with Crippen LogP contribution in [0.15, 0.2) is 30.5 Å². The molecule has 0 spiro atoms. The van der Waals surface area contributed by atoms with E-state index >= 15 is 0 Å². The van der Waals surface area contributed by atoms with E-state index in [1.54, 1.807) is 0 Å². The van der Waals surface area contributed by atoms with Gasteiger partial charge in [0.15, 0.2) is 0 Å². The molecule has 1 aliphatic rings. The summed E-state index contributed by atoms with van der Waals surface area (Å²) in [5, 5.41) is 1.38. The second kappa shape index (κ2) is 4.88. The third kappa shape index (κ3) is 2.02. The lowest BCUT2D eigenvalue weighted by Crippen LogP contribution is -2.33. The Bertz CT molecular complexity index is 568. The first-order chi connectivity index (χ1) is 8.88. The van der Waals surface area contributed by atoms with Crippen molar-refractivity contribution in [1.29, 1.82) is 0 Å². The molecule has 2 nitrogen and oxygen atoms in total. The fourth-order valence-corrected chi connectivity index (χ4v) is 2.96. The maximum Gasteiger partial charge on any atom is 0.0598 e. The highest BCUT2D eigenvalue weighted by Gasteiger charge is 2.21. The highest BCUT2D eigenvalue weighted by atomic mass is 15.1. The van der Waals surface area contributed by atoms with Gasteiger partial charge in [0.1, 0.15) is 0 Å². The molecule has 1 aliphatic heterocycles. The van der Waals surface area contributed by atoms with E-state index in [9.17, 15) is 0 Å². The van der Waals surface area contributed by atoms with Crippen LogP contribution in [0.4, 0.5) is 0 Å². The Hall–Kier alpha value is -1.72. The summed E-state index contributed by atoms with van der Waals surface area (Å²) in [4.78, 5) is 5.74. The van der Waals surface area contributed by atoms with Crippen LogP contribution >= 0.6 is 0 Å². The molecule has 0 aliphatic carbocycles. The van der Waals surface area contributed by atoms with Crippen LogP contribution in [0.2, 0.25) is 0 Å². The van der Waals surface area contributed by atoms with Gasteiger partial charge in [0.25, 0.3) is 0 Å². The summed E-state index contributed by atoms with van der Waals surface area (Å²) in [7, 11) is 0. The van der Waals surface area contributed by atoms with E-state index < -0.39 is 0 Å². The molecule has 1 saturated heterocycles. The van der Waals surface area contributed by atoms with Gasteiger partial charge in [-0.1, -0.05) is 24.1 Å². The molecule has 1 fully saturated rings. The van der Waals surface area contributed by atoms with Gasteiger partial charge in [0, 0.05) is 17.1 Å². The summed E-state index contributed by atoms with van der Waals surface area (Å²) in [6.45, 7) is 3.03. The lowest BCUT2D eigenvalue weighted by Gasteiger charge is -2.30. The normalized spacial score (nSPS) is 17.9. The second-order valence-corrected chi connectivity index (χ2v) is 5.04. The van der Waals surface area contributed by atoms with E-state index in [-0.39, 0.29) is 0 Å². The van der Waals surface area contributed by atoms with E-state index in [1.807, 2.05) is 0 Å². The Kier molecular flexibility index (Phi) is 3.08. The summed E-state index contributed by atoms with van der Waals surface area (Å²) < 4.78 is 0. The number of rotatable bonds is 2. The molecular formula is C16H18N2. The number of fused-ring (bicyclic) bond motifs is 1. The lowest BCUT2D eigenvalue weighted by atomic mass is 9.89. The molecule has 3 rings (SSSR count). The van der Waals surface area contributed by atoms with Crippen molar-refractivity contribution in [2.45, 2.75) is 18.8 Å². The summed E-state index contributed by atoms with van der Waals surface area (Å²) >= 11 is 0. The molecule has 0 atom stereocenters. The van der Waals surface area contributed by atoms with Gasteiger partial charge in [0.2, 0.25) is 0 Å². The van der Waals surface area contributed by atoms with Crippen molar-refractivity contribution in [2.75, 3.05) is 19.6 Å². The number of nitrogens with one attached hydrogen (secondary N) is 1. The SMILES string of the molecule is C#CCN1CCC(c2c[nH]c3ccccc23)CC1. The van der Waals surface area contributed by atoms with E-state index in [1.165, 1.54) is 29.3 Å². The zero-order valence-corrected chi connectivity index (χ0v) is 10.5. The number of nitrogens with zero attached hydrogens (tertiary/aromatic N) is 1. The molecule has 0 saturated carbocycles. The van der Waals surface area contributed by atoms with Crippen molar-refractivity contribution in [3.8, 4) is 12.3 Å². The van der Waals surface area contributed by atoms with Crippen molar-refractivity contribution < 1.29 is 0 Å². The molecule has 0 unspecified atom stereocenters. The molecule has 1 N–H and O–H groups in total. The van der Waals surface area contributed by atoms with Crippen molar-refractivity contribution in [2.24, 2.45) is 0 Å². The van der Waals surface area contributed by atoms with Crippen molar-refractivity contribution in [3.63, 3.8) is 0 Å². The van der Waals surface area contributed by atoms with E-state index in [0.717, 1.165) is 19.6 Å². The number of hydrogen-bond acceptors (Lipinski definition) is 1. The lowest BCUT2D eigenvalue weighted by molar-refractivity contribution is 0.236. The Labute approximate surface area is 108 Å². The van der Waals surface area contributed by atoms with Crippen molar-refractivity contribution in [3.05, 3.63) is 36.0 Å². The highest BCUT2D eigenvalue weighted by Crippen LogP contribution is 2.32. The van der Waals surface area contributed by atoms with E-state index in [2.05, 4.69) is 46.3 Å². The van der Waals surface area contributed by atoms with Crippen LogP contribution in [0.5, 0.6) is 0 Å². The topological polar surface area (TPSA) is 19.0 Å². The zero-order chi connectivity index (χ0) is 12.4. The smallest absolute Gasteiger partial charge is 0.0598 e. The fourth-order valence-electron chi connectivity index (χ4n) is 2.96. The Morgan fingerprint density at radius 1 is 1.28 bits per heavy atom. The van der Waals surface area contributed by atoms with Crippen LogP contribution in [0, 0.1) is 12.3 Å². The first kappa shape index (κ1) is 11.4. The van der Waals surface area contributed by atoms with Crippen molar-refractivity contribution in [1.82, 2.24) is 9.88 Å². The van der Waals surface area contributed by atoms with E-state index in [0.29, 0.717) is 5.92 Å². The molecule has 2 heterocycles. The third-order valence-electron chi connectivity index (χ3n) is 3.96. The van der Waals surface area contributed by atoms with Crippen LogP contribution in [0.3, 0.4) is 0 Å². The Morgan fingerprint density at radius 2 is 2.06 bits per heavy atom. The third-order valence-corrected chi connectivity index (χ3v) is 3.96. The molecule has 0 bridgehead atoms. The minimum atomic E-state index is 0.676. The van der Waals surface area contributed by atoms with Gasteiger partial charge in [-0.15, -0.1) is 6.42 Å². The molecular weight excluding hydrogens is 220 g/mol. The van der Waals surface area contributed by atoms with Gasteiger partial charge in [-0.25, -0.2) is 0 Å². The first-order valence-corrected chi connectivity index (χ1v) is 6.60. The maximum absolute atomic E-state index is 5.37. The number of aromatic nitrogens is 1. The standard InChI is InChI=1S/C16H18N2/c1-2-9-18-10-7-13(8-11-18)15-12-17-16-6-4-3-5-14(15)16/h1,3-6,12-13,17H,7-11H2. The first-order valence-electron chi connectivity index (χ1n) is 6.60. The minimum absolute atomic E-state index is 0.676. The van der Waals surface area contributed by atoms with Crippen LogP contribution in [0.25, 0.3) is 10.9 Å². The largest absolute Gasteiger partial charge is 0.361 e. The van der Waals surface area contributed by atoms with Crippen LogP contribution in [-0.4, -0.2) is 29.5 Å². The number of likely N-dealkylation sites (tertiary alicyclic amines) is 1. The van der Waals surface area contributed by atoms with Gasteiger partial charge in [0.05, 0.1) is 6.54 Å². The van der Waals surface area contributed by atoms with Gasteiger partial charge >= 0.3 is 0 Å². The maximum atomic E-state index is 5.37. The molecule has 92 valence electrons. The van der Waals surface area contributed by atoms with Gasteiger partial charge in [-0.05, 0) is 43.5 Å². The number of H-pyrrole nitrogens is 1. The van der Waals surface area contributed by atoms with Gasteiger partial charge in [-0.3, -0.25) is 4.90 Å². The predicted molar refractivity (Wildman–Crippen MR) is 75.5 cm³/mol. The predicted octanol–water partition coefficient (Wildman–Crippen LogP) is 2.98. The highest BCUT2D eigenvalue weighted by molar-refractivity contribution is 5.83. The molecule has 18 heavy (non-hydrogen) atoms. The van der Waals surface area contributed by atoms with E-state index in [4.69, 9.17) is 6.42 Å². The number of para-hydroxylation sites is 1. The van der Waals surface area contributed by atoms with Gasteiger partial charge in [-0.2, -0.15) is 0 Å². The molecule has 2 aromatic rings. The zero-order valence-electron chi connectivity index (χ0n) is 10.5. The molecule has 0 radical (unpaired) electrons. The average molecular weight is 238 g/mol. The Balaban J connectivity index is 1.79. The van der Waals surface area contributed by atoms with Gasteiger partial charge < -0.3 is 4.98 Å². The molecule has 1 aromatic heterocycles. The number of aromatic amines is 1. The summed E-state index contributed by atoms with van der Waals surface area (Å²) in [5.41, 5.74) is 2.73. The van der Waals surface area contributed by atoms with Crippen LogP contribution in [-0.2, 0) is 0 Å². The average Bonchev–Trinajstić information content (AvgIpc) is 2.84. The molecule has 1 aromatic carbocycles. The number of hydrogen-bond donors (Lipinski definition) is 1. The summed E-state index contributed by atoms with van der Waals surface area (Å²) in [6.07, 6.45) is 9.98. The fraction of sp³-hybridized carbons (Fsp3) is 0.375. The summed E-state index contributed by atoms with van der Waals surface area (Å²) in [6, 6.07) is 8.56. The second-order valence-electron chi connectivity index (χ2n) is 5.04. The summed E-state index contributed by atoms with van der Waals surface area (Å²) in [5.74, 6) is 3.41. The number of piperidine rings is 1. The molecule has 2 heteroatoms. The number of terminal acetylenes is 1. The molecule has 0 amide bonds. The monoisotopic (exact) mass is 238 g/mol. The van der Waals surface area contributed by atoms with Crippen LogP contribution < -0.4 is 0 Å². The Morgan fingerprint density at radius 3 is 2.83 bits per heavy atom. The quantitative estimate of drug-likeness (QED) is 0.797. The number of benzene rings is 1.